The zero-order valence-electron chi connectivity index (χ0n) is 10.0. The zero-order valence-corrected chi connectivity index (χ0v) is 10.8. The summed E-state index contributed by atoms with van der Waals surface area (Å²) in [4.78, 5) is 0. The standard InChI is InChI=1S/C13H19ClO2/c1-10(2)13(15,9-16-3)8-11-6-4-5-7-12(11)14/h4-7,10,15H,8-9H2,1-3H3. The molecule has 0 radical (unpaired) electrons. The van der Waals surface area contributed by atoms with Crippen molar-refractivity contribution in [3.8, 4) is 0 Å². The van der Waals surface area contributed by atoms with E-state index in [4.69, 9.17) is 16.3 Å². The Morgan fingerprint density at radius 1 is 1.38 bits per heavy atom. The van der Waals surface area contributed by atoms with E-state index in [0.717, 1.165) is 5.56 Å². The van der Waals surface area contributed by atoms with Gasteiger partial charge in [0, 0.05) is 18.6 Å². The Bertz CT molecular complexity index is 338. The van der Waals surface area contributed by atoms with Crippen molar-refractivity contribution < 1.29 is 9.84 Å². The second-order valence-corrected chi connectivity index (χ2v) is 4.87. The second kappa shape index (κ2) is 5.67. The summed E-state index contributed by atoms with van der Waals surface area (Å²) in [6, 6.07) is 7.58. The summed E-state index contributed by atoms with van der Waals surface area (Å²) < 4.78 is 5.09. The fourth-order valence-corrected chi connectivity index (χ4v) is 1.85. The molecule has 0 aromatic heterocycles. The molecule has 2 nitrogen and oxygen atoms in total. The molecule has 0 saturated heterocycles. The van der Waals surface area contributed by atoms with Crippen LogP contribution in [0.15, 0.2) is 24.3 Å². The van der Waals surface area contributed by atoms with Crippen LogP contribution < -0.4 is 0 Å². The average Bonchev–Trinajstić information content (AvgIpc) is 2.21. The first-order chi connectivity index (χ1) is 7.49. The van der Waals surface area contributed by atoms with Crippen molar-refractivity contribution in [1.82, 2.24) is 0 Å². The number of methoxy groups -OCH3 is 1. The molecule has 0 bridgehead atoms. The van der Waals surface area contributed by atoms with Crippen LogP contribution in [-0.2, 0) is 11.2 Å². The zero-order chi connectivity index (χ0) is 12.2. The van der Waals surface area contributed by atoms with Gasteiger partial charge in [-0.1, -0.05) is 43.6 Å². The van der Waals surface area contributed by atoms with Gasteiger partial charge in [0.15, 0.2) is 0 Å². The van der Waals surface area contributed by atoms with Crippen LogP contribution in [0.1, 0.15) is 19.4 Å². The van der Waals surface area contributed by atoms with E-state index >= 15 is 0 Å². The first kappa shape index (κ1) is 13.5. The van der Waals surface area contributed by atoms with Gasteiger partial charge in [-0.05, 0) is 17.5 Å². The summed E-state index contributed by atoms with van der Waals surface area (Å²) in [6.45, 7) is 4.28. The Morgan fingerprint density at radius 3 is 2.50 bits per heavy atom. The van der Waals surface area contributed by atoms with E-state index in [9.17, 15) is 5.11 Å². The fraction of sp³-hybridized carbons (Fsp3) is 0.538. The van der Waals surface area contributed by atoms with Gasteiger partial charge in [-0.25, -0.2) is 0 Å². The van der Waals surface area contributed by atoms with Crippen molar-refractivity contribution in [3.63, 3.8) is 0 Å². The fourth-order valence-electron chi connectivity index (χ4n) is 1.64. The van der Waals surface area contributed by atoms with Gasteiger partial charge in [0.2, 0.25) is 0 Å². The van der Waals surface area contributed by atoms with E-state index in [1.54, 1.807) is 7.11 Å². The molecule has 1 N–H and O–H groups in total. The van der Waals surface area contributed by atoms with Crippen LogP contribution in [0.3, 0.4) is 0 Å². The Hall–Kier alpha value is -0.570. The highest BCUT2D eigenvalue weighted by molar-refractivity contribution is 6.31. The van der Waals surface area contributed by atoms with Crippen molar-refractivity contribution in [2.45, 2.75) is 25.9 Å². The molecule has 3 heteroatoms. The number of hydrogen-bond acceptors (Lipinski definition) is 2. The average molecular weight is 243 g/mol. The smallest absolute Gasteiger partial charge is 0.0943 e. The minimum atomic E-state index is -0.861. The van der Waals surface area contributed by atoms with Gasteiger partial charge < -0.3 is 9.84 Å². The molecule has 0 aliphatic heterocycles. The molecule has 1 atom stereocenters. The lowest BCUT2D eigenvalue weighted by Gasteiger charge is -2.31. The van der Waals surface area contributed by atoms with Gasteiger partial charge in [0.05, 0.1) is 12.2 Å². The Balaban J connectivity index is 2.88. The molecule has 0 saturated carbocycles. The third-order valence-corrected chi connectivity index (χ3v) is 3.29. The lowest BCUT2D eigenvalue weighted by atomic mass is 9.85. The summed E-state index contributed by atoms with van der Waals surface area (Å²) in [5.74, 6) is 0.115. The van der Waals surface area contributed by atoms with Crippen LogP contribution in [0.2, 0.25) is 5.02 Å². The van der Waals surface area contributed by atoms with E-state index in [1.165, 1.54) is 0 Å². The van der Waals surface area contributed by atoms with Crippen LogP contribution in [0.25, 0.3) is 0 Å². The van der Waals surface area contributed by atoms with Crippen molar-refractivity contribution in [2.24, 2.45) is 5.92 Å². The number of halogens is 1. The lowest BCUT2D eigenvalue weighted by Crippen LogP contribution is -2.42. The predicted octanol–water partition coefficient (Wildman–Crippen LogP) is 2.92. The minimum Gasteiger partial charge on any atom is -0.387 e. The van der Waals surface area contributed by atoms with E-state index in [0.29, 0.717) is 18.1 Å². The van der Waals surface area contributed by atoms with Crippen molar-refractivity contribution in [3.05, 3.63) is 34.9 Å². The van der Waals surface area contributed by atoms with Gasteiger partial charge in [0.25, 0.3) is 0 Å². The highest BCUT2D eigenvalue weighted by Crippen LogP contribution is 2.26. The maximum Gasteiger partial charge on any atom is 0.0943 e. The first-order valence-corrected chi connectivity index (χ1v) is 5.82. The molecule has 1 unspecified atom stereocenters. The Labute approximate surface area is 102 Å². The van der Waals surface area contributed by atoms with Gasteiger partial charge in [-0.15, -0.1) is 0 Å². The van der Waals surface area contributed by atoms with Gasteiger partial charge in [-0.2, -0.15) is 0 Å². The maximum atomic E-state index is 10.5. The lowest BCUT2D eigenvalue weighted by molar-refractivity contribution is -0.0637. The van der Waals surface area contributed by atoms with Crippen LogP contribution in [0.4, 0.5) is 0 Å². The van der Waals surface area contributed by atoms with E-state index < -0.39 is 5.60 Å². The summed E-state index contributed by atoms with van der Waals surface area (Å²) in [6.07, 6.45) is 0.512. The predicted molar refractivity (Wildman–Crippen MR) is 66.8 cm³/mol. The molecule has 0 heterocycles. The summed E-state index contributed by atoms with van der Waals surface area (Å²) in [7, 11) is 1.60. The Kier molecular flexibility index (Phi) is 4.78. The molecular weight excluding hydrogens is 224 g/mol. The molecule has 0 aliphatic carbocycles. The van der Waals surface area contributed by atoms with Gasteiger partial charge in [0.1, 0.15) is 0 Å². The van der Waals surface area contributed by atoms with Crippen LogP contribution in [0.5, 0.6) is 0 Å². The minimum absolute atomic E-state index is 0.115. The first-order valence-electron chi connectivity index (χ1n) is 5.44. The number of aliphatic hydroxyl groups is 1. The van der Waals surface area contributed by atoms with Crippen LogP contribution in [-0.4, -0.2) is 24.4 Å². The highest BCUT2D eigenvalue weighted by Gasteiger charge is 2.31. The van der Waals surface area contributed by atoms with Crippen LogP contribution >= 0.6 is 11.6 Å². The SMILES string of the molecule is COCC(O)(Cc1ccccc1Cl)C(C)C. The molecule has 0 spiro atoms. The topological polar surface area (TPSA) is 29.5 Å². The number of benzene rings is 1. The summed E-state index contributed by atoms with van der Waals surface area (Å²) in [5, 5.41) is 11.2. The third kappa shape index (κ3) is 3.21. The number of ether oxygens (including phenoxy) is 1. The van der Waals surface area contributed by atoms with Crippen molar-refractivity contribution in [2.75, 3.05) is 13.7 Å². The van der Waals surface area contributed by atoms with Crippen molar-refractivity contribution >= 4 is 11.6 Å². The van der Waals surface area contributed by atoms with Gasteiger partial charge >= 0.3 is 0 Å². The van der Waals surface area contributed by atoms with E-state index in [2.05, 4.69) is 0 Å². The molecule has 90 valence electrons. The monoisotopic (exact) mass is 242 g/mol. The molecule has 0 fully saturated rings. The molecule has 16 heavy (non-hydrogen) atoms. The maximum absolute atomic E-state index is 10.5. The number of hydrogen-bond donors (Lipinski definition) is 1. The molecule has 1 aromatic rings. The largest absolute Gasteiger partial charge is 0.387 e. The summed E-state index contributed by atoms with van der Waals surface area (Å²) in [5.41, 5.74) is 0.0946. The number of rotatable bonds is 5. The van der Waals surface area contributed by atoms with E-state index in [1.807, 2.05) is 38.1 Å². The quantitative estimate of drug-likeness (QED) is 0.860. The third-order valence-electron chi connectivity index (χ3n) is 2.92. The van der Waals surface area contributed by atoms with E-state index in [-0.39, 0.29) is 5.92 Å². The molecular formula is C13H19ClO2. The highest BCUT2D eigenvalue weighted by atomic mass is 35.5. The normalized spacial score (nSPS) is 15.1. The Morgan fingerprint density at radius 2 is 2.00 bits per heavy atom. The second-order valence-electron chi connectivity index (χ2n) is 4.46. The van der Waals surface area contributed by atoms with Crippen LogP contribution in [0, 0.1) is 5.92 Å². The molecule has 0 amide bonds. The van der Waals surface area contributed by atoms with Crippen molar-refractivity contribution in [1.29, 1.82) is 0 Å². The van der Waals surface area contributed by atoms with Gasteiger partial charge in [-0.3, -0.25) is 0 Å². The molecule has 0 aliphatic rings. The molecule has 1 aromatic carbocycles. The summed E-state index contributed by atoms with van der Waals surface area (Å²) >= 11 is 6.08. The molecule has 1 rings (SSSR count).